The summed E-state index contributed by atoms with van der Waals surface area (Å²) >= 11 is 0. The van der Waals surface area contributed by atoms with Gasteiger partial charge in [-0.1, -0.05) is 154 Å². The molecule has 0 atom stereocenters. The fourth-order valence-electron chi connectivity index (χ4n) is 5.56. The lowest BCUT2D eigenvalue weighted by molar-refractivity contribution is -0.138. The van der Waals surface area contributed by atoms with Crippen molar-refractivity contribution in [3.8, 4) is 0 Å². The molecule has 0 aromatic heterocycles. The lowest BCUT2D eigenvalue weighted by atomic mass is 10.0. The molecule has 0 rings (SSSR count). The Morgan fingerprint density at radius 2 is 0.400 bits per heavy atom. The Bertz CT molecular complexity index is 526. The van der Waals surface area contributed by atoms with Gasteiger partial charge in [0, 0.05) is 25.7 Å². The second-order valence-electron chi connectivity index (χ2n) is 12.2. The fraction of sp³-hybridized carbons (Fsp3) is 0.914. The van der Waals surface area contributed by atoms with Gasteiger partial charge in [0.05, 0.1) is 0 Å². The van der Waals surface area contributed by atoms with E-state index < -0.39 is 11.9 Å². The van der Waals surface area contributed by atoms with Crippen LogP contribution in [0.15, 0.2) is 0 Å². The fourth-order valence-corrected chi connectivity index (χ4v) is 5.56. The van der Waals surface area contributed by atoms with Crippen LogP contribution in [0.4, 0.5) is 0 Å². The maximum absolute atomic E-state index is 12.1. The number of rotatable bonds is 34. The summed E-state index contributed by atoms with van der Waals surface area (Å²) in [5, 5.41) is 17.2. The minimum absolute atomic E-state index is 0.321. The number of carboxylic acid groups (broad SMARTS) is 2. The Morgan fingerprint density at radius 1 is 0.250 bits per heavy atom. The van der Waals surface area contributed by atoms with Crippen LogP contribution in [0.2, 0.25) is 0 Å². The first-order valence-electron chi connectivity index (χ1n) is 17.5. The molecule has 0 amide bonds. The number of hydrogen-bond donors (Lipinski definition) is 2. The smallest absolute Gasteiger partial charge is 0.303 e. The van der Waals surface area contributed by atoms with Crippen molar-refractivity contribution >= 4 is 17.7 Å². The van der Waals surface area contributed by atoms with E-state index in [1.54, 1.807) is 0 Å². The molecule has 0 radical (unpaired) electrons. The monoisotopic (exact) mass is 566 g/mol. The minimum atomic E-state index is -0.670. The van der Waals surface area contributed by atoms with Crippen LogP contribution in [-0.4, -0.2) is 27.9 Å². The first-order valence-corrected chi connectivity index (χ1v) is 17.5. The molecule has 0 heterocycles. The van der Waals surface area contributed by atoms with Crippen LogP contribution in [0.25, 0.3) is 0 Å². The van der Waals surface area contributed by atoms with Crippen LogP contribution < -0.4 is 0 Å². The topological polar surface area (TPSA) is 91.7 Å². The largest absolute Gasteiger partial charge is 0.481 e. The summed E-state index contributed by atoms with van der Waals surface area (Å²) in [6, 6.07) is 0. The molecule has 0 fully saturated rings. The number of ketones is 1. The van der Waals surface area contributed by atoms with Crippen molar-refractivity contribution < 1.29 is 24.6 Å². The third-order valence-electron chi connectivity index (χ3n) is 8.19. The number of carbonyl (C=O) groups excluding carboxylic acids is 1. The Morgan fingerprint density at radius 3 is 0.575 bits per heavy atom. The summed E-state index contributed by atoms with van der Waals surface area (Å²) in [7, 11) is 0. The average Bonchev–Trinajstić information content (AvgIpc) is 2.92. The molecule has 0 aliphatic carbocycles. The number of hydrogen-bond acceptors (Lipinski definition) is 3. The number of carbonyl (C=O) groups is 3. The van der Waals surface area contributed by atoms with Gasteiger partial charge < -0.3 is 10.2 Å². The van der Waals surface area contributed by atoms with E-state index in [1.165, 1.54) is 141 Å². The maximum atomic E-state index is 12.1. The molecule has 0 spiro atoms. The number of aliphatic carboxylic acids is 2. The highest BCUT2D eigenvalue weighted by molar-refractivity contribution is 5.78. The SMILES string of the molecule is O=C(O)CCCCCCCCCCCCCCCCC(=O)CCCCCCCCCCCCCCCCC(=O)O. The van der Waals surface area contributed by atoms with E-state index in [0.717, 1.165) is 51.4 Å². The molecule has 0 aliphatic heterocycles. The molecular formula is C35H66O5. The van der Waals surface area contributed by atoms with Crippen LogP contribution in [0.3, 0.4) is 0 Å². The Hall–Kier alpha value is -1.39. The molecule has 0 bridgehead atoms. The van der Waals surface area contributed by atoms with E-state index in [1.807, 2.05) is 0 Å². The Balaban J connectivity index is 3.17. The molecule has 0 aromatic carbocycles. The van der Waals surface area contributed by atoms with Gasteiger partial charge >= 0.3 is 11.9 Å². The minimum Gasteiger partial charge on any atom is -0.481 e. The highest BCUT2D eigenvalue weighted by Gasteiger charge is 2.03. The van der Waals surface area contributed by atoms with Gasteiger partial charge in [0.2, 0.25) is 0 Å². The van der Waals surface area contributed by atoms with Crippen molar-refractivity contribution in [3.63, 3.8) is 0 Å². The molecule has 0 saturated heterocycles. The molecule has 236 valence electrons. The summed E-state index contributed by atoms with van der Waals surface area (Å²) in [5.74, 6) is -0.864. The second kappa shape index (κ2) is 32.1. The van der Waals surface area contributed by atoms with Gasteiger partial charge in [-0.05, 0) is 25.7 Å². The number of unbranched alkanes of at least 4 members (excludes halogenated alkanes) is 26. The zero-order chi connectivity index (χ0) is 29.4. The van der Waals surface area contributed by atoms with Gasteiger partial charge in [-0.2, -0.15) is 0 Å². The van der Waals surface area contributed by atoms with E-state index in [2.05, 4.69) is 0 Å². The summed E-state index contributed by atoms with van der Waals surface area (Å²) < 4.78 is 0. The lowest BCUT2D eigenvalue weighted by Gasteiger charge is -2.04. The van der Waals surface area contributed by atoms with E-state index >= 15 is 0 Å². The Labute approximate surface area is 247 Å². The van der Waals surface area contributed by atoms with Crippen molar-refractivity contribution in [2.45, 2.75) is 205 Å². The highest BCUT2D eigenvalue weighted by Crippen LogP contribution is 2.16. The Kier molecular flexibility index (Phi) is 31.0. The molecule has 40 heavy (non-hydrogen) atoms. The van der Waals surface area contributed by atoms with Gasteiger partial charge in [-0.25, -0.2) is 0 Å². The van der Waals surface area contributed by atoms with E-state index in [4.69, 9.17) is 10.2 Å². The first kappa shape index (κ1) is 38.6. The predicted molar refractivity (Wildman–Crippen MR) is 168 cm³/mol. The van der Waals surface area contributed by atoms with Crippen LogP contribution in [0, 0.1) is 0 Å². The maximum Gasteiger partial charge on any atom is 0.303 e. The molecule has 5 heteroatoms. The van der Waals surface area contributed by atoms with Crippen LogP contribution >= 0.6 is 0 Å². The quantitative estimate of drug-likeness (QED) is 0.0756. The van der Waals surface area contributed by atoms with Crippen molar-refractivity contribution in [1.29, 1.82) is 0 Å². The highest BCUT2D eigenvalue weighted by atomic mass is 16.4. The zero-order valence-corrected chi connectivity index (χ0v) is 26.2. The number of carboxylic acids is 2. The summed E-state index contributed by atoms with van der Waals surface area (Å²) in [6.07, 6.45) is 36.6. The van der Waals surface area contributed by atoms with Gasteiger partial charge in [-0.3, -0.25) is 14.4 Å². The molecule has 0 aliphatic rings. The molecule has 0 saturated carbocycles. The van der Waals surface area contributed by atoms with Gasteiger partial charge in [0.15, 0.2) is 0 Å². The second-order valence-corrected chi connectivity index (χ2v) is 12.2. The van der Waals surface area contributed by atoms with Crippen LogP contribution in [0.5, 0.6) is 0 Å². The number of Topliss-reactive ketones (excluding diaryl/α,β-unsaturated/α-hetero) is 1. The lowest BCUT2D eigenvalue weighted by Crippen LogP contribution is -1.97. The van der Waals surface area contributed by atoms with Crippen molar-refractivity contribution in [1.82, 2.24) is 0 Å². The molecule has 0 unspecified atom stereocenters. The van der Waals surface area contributed by atoms with E-state index in [0.29, 0.717) is 18.6 Å². The normalized spacial score (nSPS) is 11.2. The standard InChI is InChI=1S/C35H66O5/c36-33(29-25-21-17-13-9-5-1-3-7-11-15-19-23-27-31-34(37)38)30-26-22-18-14-10-6-2-4-8-12-16-20-24-28-32-35(39)40/h1-32H2,(H,37,38)(H,39,40). The third kappa shape index (κ3) is 34.6. The van der Waals surface area contributed by atoms with Gasteiger partial charge in [0.25, 0.3) is 0 Å². The van der Waals surface area contributed by atoms with Crippen molar-refractivity contribution in [2.75, 3.05) is 0 Å². The first-order chi connectivity index (χ1) is 19.5. The van der Waals surface area contributed by atoms with Crippen molar-refractivity contribution in [3.05, 3.63) is 0 Å². The third-order valence-corrected chi connectivity index (χ3v) is 8.19. The van der Waals surface area contributed by atoms with Gasteiger partial charge in [0.1, 0.15) is 5.78 Å². The molecule has 5 nitrogen and oxygen atoms in total. The zero-order valence-electron chi connectivity index (χ0n) is 26.2. The van der Waals surface area contributed by atoms with Crippen LogP contribution in [0.1, 0.15) is 205 Å². The molecular weight excluding hydrogens is 500 g/mol. The molecule has 2 N–H and O–H groups in total. The summed E-state index contributed by atoms with van der Waals surface area (Å²) in [5.41, 5.74) is 0. The molecule has 0 aromatic rings. The summed E-state index contributed by atoms with van der Waals surface area (Å²) in [6.45, 7) is 0. The summed E-state index contributed by atoms with van der Waals surface area (Å²) in [4.78, 5) is 33.0. The average molecular weight is 567 g/mol. The predicted octanol–water partition coefficient (Wildman–Crippen LogP) is 11.2. The van der Waals surface area contributed by atoms with E-state index in [9.17, 15) is 14.4 Å². The van der Waals surface area contributed by atoms with Crippen LogP contribution in [-0.2, 0) is 14.4 Å². The van der Waals surface area contributed by atoms with Crippen molar-refractivity contribution in [2.24, 2.45) is 0 Å². The van der Waals surface area contributed by atoms with E-state index in [-0.39, 0.29) is 0 Å². The van der Waals surface area contributed by atoms with Gasteiger partial charge in [-0.15, -0.1) is 0 Å².